The Morgan fingerprint density at radius 3 is 2.44 bits per heavy atom. The number of benzene rings is 2. The van der Waals surface area contributed by atoms with Crippen LogP contribution in [0.15, 0.2) is 48.8 Å². The number of rotatable bonds is 6. The molecule has 0 bridgehead atoms. The second-order valence-corrected chi connectivity index (χ2v) is 14.0. The van der Waals surface area contributed by atoms with Gasteiger partial charge >= 0.3 is 13.3 Å². The van der Waals surface area contributed by atoms with Crippen LogP contribution < -0.4 is 5.32 Å². The van der Waals surface area contributed by atoms with Crippen LogP contribution >= 0.6 is 7.60 Å². The number of carbonyl (C=O) groups is 4. The van der Waals surface area contributed by atoms with Crippen LogP contribution in [0.1, 0.15) is 48.1 Å². The summed E-state index contributed by atoms with van der Waals surface area (Å²) in [5.74, 6) is -1.98. The number of β-amino-alcohol motifs (C(OH)–C–C–N with tert-alkyl or cyclic N) is 1. The number of fused-ring (bicyclic) bond motifs is 2. The summed E-state index contributed by atoms with van der Waals surface area (Å²) >= 11 is 0. The lowest BCUT2D eigenvalue weighted by molar-refractivity contribution is -0.148. The van der Waals surface area contributed by atoms with Crippen molar-refractivity contribution in [3.05, 3.63) is 59.9 Å². The maximum Gasteiger partial charge on any atom is 0.399 e. The molecule has 3 aliphatic heterocycles. The minimum atomic E-state index is -5.83. The van der Waals surface area contributed by atoms with Gasteiger partial charge in [0.2, 0.25) is 17.7 Å². The van der Waals surface area contributed by atoms with E-state index in [0.717, 1.165) is 12.1 Å². The summed E-state index contributed by atoms with van der Waals surface area (Å²) in [6.45, 7) is 1.65. The number of aliphatic hydroxyl groups excluding tert-OH is 1. The van der Waals surface area contributed by atoms with Crippen LogP contribution in [-0.2, 0) is 24.6 Å². The number of halogens is 2. The monoisotopic (exact) mass is 689 g/mol. The highest BCUT2D eigenvalue weighted by Gasteiger charge is 2.51. The fraction of sp³-hybridized carbons (Fsp3) is 0.467. The van der Waals surface area contributed by atoms with Crippen molar-refractivity contribution < 1.29 is 47.4 Å². The lowest BCUT2D eigenvalue weighted by atomic mass is 10.0. The Morgan fingerprint density at radius 1 is 1.00 bits per heavy atom. The quantitative estimate of drug-likeness (QED) is 0.269. The van der Waals surface area contributed by atoms with Crippen LogP contribution in [0.25, 0.3) is 10.8 Å². The lowest BCUT2D eigenvalue weighted by Crippen LogP contribution is -2.61. The van der Waals surface area contributed by atoms with Crippen molar-refractivity contribution in [3.63, 3.8) is 0 Å². The number of hydrogen-bond acceptors (Lipinski definition) is 8. The Labute approximate surface area is 272 Å². The van der Waals surface area contributed by atoms with E-state index in [1.165, 1.54) is 56.8 Å². The fourth-order valence-corrected chi connectivity index (χ4v) is 7.28. The van der Waals surface area contributed by atoms with Gasteiger partial charge < -0.3 is 34.9 Å². The van der Waals surface area contributed by atoms with Crippen LogP contribution in [0.5, 0.6) is 0 Å². The molecule has 0 aliphatic carbocycles. The molecule has 6 rings (SSSR count). The first-order chi connectivity index (χ1) is 22.7. The van der Waals surface area contributed by atoms with Crippen molar-refractivity contribution in [3.8, 4) is 0 Å². The van der Waals surface area contributed by atoms with E-state index in [0.29, 0.717) is 24.6 Å². The Balaban J connectivity index is 1.25. The third-order valence-electron chi connectivity index (χ3n) is 9.39. The maximum absolute atomic E-state index is 14.4. The Morgan fingerprint density at radius 2 is 1.75 bits per heavy atom. The number of nitrogens with zero attached hydrogens (tertiary/aromatic N) is 6. The van der Waals surface area contributed by atoms with Gasteiger partial charge in [0.25, 0.3) is 5.91 Å². The Bertz CT molecular complexity index is 1800. The number of hydrogen-bond donors (Lipinski definition) is 4. The fourth-order valence-electron chi connectivity index (χ4n) is 6.81. The number of aliphatic hydroxyl groups is 1. The highest BCUT2D eigenvalue weighted by atomic mass is 31.2. The molecule has 3 saturated heterocycles. The predicted molar refractivity (Wildman–Crippen MR) is 163 cm³/mol. The first-order valence-electron chi connectivity index (χ1n) is 15.3. The molecule has 0 radical (unpaired) electrons. The lowest BCUT2D eigenvalue weighted by Gasteiger charge is -2.39. The summed E-state index contributed by atoms with van der Waals surface area (Å²) < 4.78 is 41.7. The molecule has 15 nitrogen and oxygen atoms in total. The smallest absolute Gasteiger partial charge is 0.389 e. The summed E-state index contributed by atoms with van der Waals surface area (Å²) in [7, 11) is -5.83. The Kier molecular flexibility index (Phi) is 8.83. The van der Waals surface area contributed by atoms with Crippen LogP contribution in [0, 0.1) is 0 Å². The molecular formula is C30H34F2N7O8P. The van der Waals surface area contributed by atoms with Gasteiger partial charge in [-0.25, -0.2) is 4.68 Å². The van der Waals surface area contributed by atoms with E-state index in [-0.39, 0.29) is 55.0 Å². The van der Waals surface area contributed by atoms with Gasteiger partial charge in [-0.1, -0.05) is 23.4 Å². The summed E-state index contributed by atoms with van der Waals surface area (Å²) in [4.78, 5) is 76.8. The molecule has 3 aliphatic rings. The van der Waals surface area contributed by atoms with E-state index in [1.807, 2.05) is 0 Å². The molecule has 3 aromatic rings. The summed E-state index contributed by atoms with van der Waals surface area (Å²) in [6.07, 6.45) is 3.43. The molecule has 0 spiro atoms. The molecule has 4 N–H and O–H groups in total. The molecule has 4 amide bonds. The second-order valence-electron chi connectivity index (χ2n) is 12.4. The minimum Gasteiger partial charge on any atom is -0.389 e. The number of likely N-dealkylation sites (tertiary alicyclic amines) is 1. The van der Waals surface area contributed by atoms with Gasteiger partial charge in [-0.15, -0.1) is 5.10 Å². The molecule has 0 saturated carbocycles. The zero-order valence-corrected chi connectivity index (χ0v) is 26.6. The van der Waals surface area contributed by atoms with E-state index in [1.54, 1.807) is 6.20 Å². The molecule has 1 aromatic heterocycles. The van der Waals surface area contributed by atoms with Gasteiger partial charge in [0.15, 0.2) is 0 Å². The maximum atomic E-state index is 14.4. The van der Waals surface area contributed by atoms with Crippen molar-refractivity contribution in [2.24, 2.45) is 0 Å². The van der Waals surface area contributed by atoms with E-state index in [9.17, 15) is 37.6 Å². The third kappa shape index (κ3) is 6.18. The molecule has 4 heterocycles. The normalized spacial score (nSPS) is 25.2. The largest absolute Gasteiger partial charge is 0.399 e. The SMILES string of the molecule is CC(=O)N1CC[C@H]2CC[C@@H](C(=O)N3C[C@@H](O)[C@H](n4ccnn4)C3)N2C(=O)[C@@H](NC(=O)c2ccc3ccc(C(F)(F)P(=O)(O)O)cc3c2)C1. The zero-order valence-electron chi connectivity index (χ0n) is 25.7. The molecule has 0 unspecified atom stereocenters. The first-order valence-corrected chi connectivity index (χ1v) is 17.0. The average molecular weight is 690 g/mol. The predicted octanol–water partition coefficient (Wildman–Crippen LogP) is 0.813. The molecule has 48 heavy (non-hydrogen) atoms. The number of amides is 4. The van der Waals surface area contributed by atoms with Crippen molar-refractivity contribution in [2.75, 3.05) is 26.2 Å². The van der Waals surface area contributed by atoms with Crippen molar-refractivity contribution in [1.29, 1.82) is 0 Å². The highest BCUT2D eigenvalue weighted by Crippen LogP contribution is 2.59. The summed E-state index contributed by atoms with van der Waals surface area (Å²) in [6, 6.07) is 4.15. The summed E-state index contributed by atoms with van der Waals surface area (Å²) in [5.41, 5.74) is -5.41. The zero-order chi connectivity index (χ0) is 34.5. The molecular weight excluding hydrogens is 655 g/mol. The molecule has 2 aromatic carbocycles. The molecule has 256 valence electrons. The standard InChI is InChI=1S/C30H34F2N7O8P/c1-17(40)36-10-8-22-6-7-24(29(44)37-15-25(26(41)16-37)38-11-9-33-35-38)39(22)28(43)23(14-36)34-27(42)19-3-2-18-4-5-21(13-20(18)12-19)30(31,32)48(45,46)47/h2-5,9,11-13,22-26,41H,6-8,10,14-16H2,1H3,(H,34,42)(H2,45,46,47)/t22-,23+,24+,25-,26-/m1/s1. The van der Waals surface area contributed by atoms with Gasteiger partial charge in [-0.3, -0.25) is 23.7 Å². The van der Waals surface area contributed by atoms with E-state index in [4.69, 9.17) is 9.79 Å². The van der Waals surface area contributed by atoms with Gasteiger partial charge in [0, 0.05) is 56.5 Å². The van der Waals surface area contributed by atoms with Gasteiger partial charge in [0.05, 0.1) is 18.3 Å². The van der Waals surface area contributed by atoms with Gasteiger partial charge in [-0.05, 0) is 48.2 Å². The van der Waals surface area contributed by atoms with Crippen LogP contribution in [-0.4, -0.2) is 119 Å². The second kappa shape index (κ2) is 12.6. The molecule has 3 fully saturated rings. The van der Waals surface area contributed by atoms with E-state index >= 15 is 0 Å². The number of nitrogens with one attached hydrogen (secondary N) is 1. The first kappa shape index (κ1) is 33.6. The Hall–Kier alpha value is -4.31. The minimum absolute atomic E-state index is 0.0285. The van der Waals surface area contributed by atoms with Crippen LogP contribution in [0.3, 0.4) is 0 Å². The average Bonchev–Trinajstić information content (AvgIpc) is 3.80. The molecule has 5 atom stereocenters. The number of aromatic nitrogens is 3. The van der Waals surface area contributed by atoms with Crippen molar-refractivity contribution in [2.45, 2.75) is 62.1 Å². The van der Waals surface area contributed by atoms with Crippen molar-refractivity contribution in [1.82, 2.24) is 35.0 Å². The molecule has 18 heteroatoms. The van der Waals surface area contributed by atoms with Crippen LogP contribution in [0.2, 0.25) is 0 Å². The van der Waals surface area contributed by atoms with Gasteiger partial charge in [0.1, 0.15) is 12.1 Å². The topological polar surface area (TPSA) is 198 Å². The summed E-state index contributed by atoms with van der Waals surface area (Å²) in [5, 5.41) is 21.5. The van der Waals surface area contributed by atoms with Gasteiger partial charge in [-0.2, -0.15) is 8.78 Å². The van der Waals surface area contributed by atoms with E-state index < -0.39 is 54.9 Å². The third-order valence-corrected chi connectivity index (χ3v) is 10.4. The highest BCUT2D eigenvalue weighted by molar-refractivity contribution is 7.52. The van der Waals surface area contributed by atoms with Crippen LogP contribution in [0.4, 0.5) is 8.78 Å². The number of carbonyl (C=O) groups excluding carboxylic acids is 4. The van der Waals surface area contributed by atoms with E-state index in [2.05, 4.69) is 15.6 Å². The number of alkyl halides is 2. The van der Waals surface area contributed by atoms with Crippen molar-refractivity contribution >= 4 is 42.0 Å².